The van der Waals surface area contributed by atoms with Gasteiger partial charge in [-0.2, -0.15) is 4.31 Å². The van der Waals surface area contributed by atoms with Gasteiger partial charge in [-0.15, -0.1) is 0 Å². The van der Waals surface area contributed by atoms with Gasteiger partial charge in [-0.3, -0.25) is 14.7 Å². The van der Waals surface area contributed by atoms with Crippen LogP contribution in [0.3, 0.4) is 0 Å². The molecule has 2 saturated heterocycles. The highest BCUT2D eigenvalue weighted by atomic mass is 32.2. The summed E-state index contributed by atoms with van der Waals surface area (Å²) in [6.07, 6.45) is 2.72. The first-order valence-corrected chi connectivity index (χ1v) is 13.5. The van der Waals surface area contributed by atoms with Gasteiger partial charge >= 0.3 is 0 Å². The maximum atomic E-state index is 14.1. The lowest BCUT2D eigenvalue weighted by molar-refractivity contribution is -0.138. The third-order valence-corrected chi connectivity index (χ3v) is 8.98. The van der Waals surface area contributed by atoms with E-state index in [2.05, 4.69) is 34.1 Å². The number of fused-ring (bicyclic) bond motifs is 1. The lowest BCUT2D eigenvalue weighted by atomic mass is 9.96. The average Bonchev–Trinajstić information content (AvgIpc) is 2.89. The number of sulfonamides is 1. The number of para-hydroxylation sites is 1. The van der Waals surface area contributed by atoms with Crippen LogP contribution in [0.25, 0.3) is 10.9 Å². The Morgan fingerprint density at radius 2 is 1.63 bits per heavy atom. The summed E-state index contributed by atoms with van der Waals surface area (Å²) in [5.74, 6) is -0.849. The molecule has 0 spiro atoms. The third-order valence-electron chi connectivity index (χ3n) is 7.05. The fourth-order valence-electron chi connectivity index (χ4n) is 5.06. The minimum Gasteiger partial charge on any atom is -0.340 e. The van der Waals surface area contributed by atoms with Crippen molar-refractivity contribution in [2.24, 2.45) is 5.92 Å². The molecule has 1 amide bonds. The van der Waals surface area contributed by atoms with Crippen molar-refractivity contribution >= 4 is 26.8 Å². The van der Waals surface area contributed by atoms with Gasteiger partial charge in [0.2, 0.25) is 15.9 Å². The molecule has 5 rings (SSSR count). The van der Waals surface area contributed by atoms with E-state index < -0.39 is 15.8 Å². The van der Waals surface area contributed by atoms with E-state index in [9.17, 15) is 17.6 Å². The fourth-order valence-corrected chi connectivity index (χ4v) is 6.59. The summed E-state index contributed by atoms with van der Waals surface area (Å²) in [6.45, 7) is 4.13. The summed E-state index contributed by atoms with van der Waals surface area (Å²) in [5, 5.41) is 1.13. The predicted molar refractivity (Wildman–Crippen MR) is 131 cm³/mol. The Kier molecular flexibility index (Phi) is 6.82. The maximum absolute atomic E-state index is 14.1. The van der Waals surface area contributed by atoms with E-state index in [4.69, 9.17) is 0 Å². The minimum absolute atomic E-state index is 0.0967. The van der Waals surface area contributed by atoms with Crippen molar-refractivity contribution in [3.8, 4) is 0 Å². The summed E-state index contributed by atoms with van der Waals surface area (Å²) in [4.78, 5) is 21.6. The number of hydrogen-bond donors (Lipinski definition) is 0. The number of nitrogens with zero attached hydrogens (tertiary/aromatic N) is 4. The van der Waals surface area contributed by atoms with Crippen LogP contribution in [0.15, 0.2) is 65.7 Å². The molecule has 0 saturated carbocycles. The summed E-state index contributed by atoms with van der Waals surface area (Å²) in [7, 11) is -3.90. The number of benzene rings is 2. The van der Waals surface area contributed by atoms with E-state index in [0.717, 1.165) is 36.6 Å². The Morgan fingerprint density at radius 3 is 2.37 bits per heavy atom. The van der Waals surface area contributed by atoms with Crippen molar-refractivity contribution in [2.75, 3.05) is 39.3 Å². The van der Waals surface area contributed by atoms with Crippen molar-refractivity contribution in [3.63, 3.8) is 0 Å². The smallest absolute Gasteiger partial charge is 0.245 e. The van der Waals surface area contributed by atoms with Crippen LogP contribution in [0.2, 0.25) is 0 Å². The first-order chi connectivity index (χ1) is 16.9. The van der Waals surface area contributed by atoms with Gasteiger partial charge in [-0.05, 0) is 36.6 Å². The topological polar surface area (TPSA) is 73.8 Å². The molecule has 0 bridgehead atoms. The standard InChI is InChI=1S/C26H29FN4O3S/c27-23-8-1-2-9-24(23)35(33,34)31-13-10-21(11-14-31)26(32)30-17-15-29(16-18-30)19-22-6-3-5-20-7-4-12-28-25(20)22/h1-9,12,21H,10-11,13-19H2. The predicted octanol–water partition coefficient (Wildman–Crippen LogP) is 3.12. The molecule has 2 aliphatic heterocycles. The summed E-state index contributed by atoms with van der Waals surface area (Å²) < 4.78 is 41.0. The van der Waals surface area contributed by atoms with Gasteiger partial charge in [0.05, 0.1) is 5.52 Å². The molecule has 3 aromatic rings. The molecule has 184 valence electrons. The molecule has 2 aliphatic rings. The van der Waals surface area contributed by atoms with E-state index in [1.807, 2.05) is 17.2 Å². The van der Waals surface area contributed by atoms with Crippen LogP contribution in [0.5, 0.6) is 0 Å². The van der Waals surface area contributed by atoms with Crippen LogP contribution in [0, 0.1) is 11.7 Å². The molecule has 1 aromatic heterocycles. The highest BCUT2D eigenvalue weighted by molar-refractivity contribution is 7.89. The SMILES string of the molecule is O=C(C1CCN(S(=O)(=O)c2ccccc2F)CC1)N1CCN(Cc2cccc3cccnc23)CC1. The van der Waals surface area contributed by atoms with Gasteiger partial charge < -0.3 is 4.90 Å². The highest BCUT2D eigenvalue weighted by Crippen LogP contribution is 2.27. The minimum atomic E-state index is -3.90. The highest BCUT2D eigenvalue weighted by Gasteiger charge is 2.35. The van der Waals surface area contributed by atoms with Crippen molar-refractivity contribution < 1.29 is 17.6 Å². The monoisotopic (exact) mass is 496 g/mol. The van der Waals surface area contributed by atoms with E-state index in [-0.39, 0.29) is 29.8 Å². The Balaban J connectivity index is 1.15. The second-order valence-corrected chi connectivity index (χ2v) is 11.1. The number of amides is 1. The molecule has 0 radical (unpaired) electrons. The zero-order chi connectivity index (χ0) is 24.4. The molecule has 0 atom stereocenters. The van der Waals surface area contributed by atoms with Crippen molar-refractivity contribution in [3.05, 3.63) is 72.2 Å². The van der Waals surface area contributed by atoms with E-state index >= 15 is 0 Å². The summed E-state index contributed by atoms with van der Waals surface area (Å²) in [5.41, 5.74) is 2.21. The van der Waals surface area contributed by atoms with Crippen molar-refractivity contribution in [1.29, 1.82) is 0 Å². The Morgan fingerprint density at radius 1 is 0.914 bits per heavy atom. The summed E-state index contributed by atoms with van der Waals surface area (Å²) in [6, 6.07) is 15.7. The van der Waals surface area contributed by atoms with Gasteiger partial charge in [0, 0.05) is 63.3 Å². The molecular weight excluding hydrogens is 467 g/mol. The van der Waals surface area contributed by atoms with E-state index in [1.165, 1.54) is 28.1 Å². The molecule has 7 nitrogen and oxygen atoms in total. The number of rotatable bonds is 5. The largest absolute Gasteiger partial charge is 0.340 e. The second-order valence-electron chi connectivity index (χ2n) is 9.20. The lowest BCUT2D eigenvalue weighted by Gasteiger charge is -2.38. The number of carbonyl (C=O) groups excluding carboxylic acids is 1. The van der Waals surface area contributed by atoms with Crippen LogP contribution in [0.4, 0.5) is 4.39 Å². The van der Waals surface area contributed by atoms with E-state index in [1.54, 1.807) is 0 Å². The van der Waals surface area contributed by atoms with Crippen LogP contribution in [-0.4, -0.2) is 72.7 Å². The van der Waals surface area contributed by atoms with Crippen LogP contribution in [-0.2, 0) is 21.4 Å². The Hall–Kier alpha value is -2.88. The fraction of sp³-hybridized carbons (Fsp3) is 0.385. The van der Waals surface area contributed by atoms with Gasteiger partial charge in [0.15, 0.2) is 0 Å². The third kappa shape index (κ3) is 4.94. The lowest BCUT2D eigenvalue weighted by Crippen LogP contribution is -2.51. The molecular formula is C26H29FN4O3S. The van der Waals surface area contributed by atoms with Crippen molar-refractivity contribution in [1.82, 2.24) is 19.1 Å². The number of halogens is 1. The summed E-state index contributed by atoms with van der Waals surface area (Å²) >= 11 is 0. The van der Waals surface area contributed by atoms with E-state index in [0.29, 0.717) is 25.9 Å². The number of piperidine rings is 1. The molecule has 0 aliphatic carbocycles. The quantitative estimate of drug-likeness (QED) is 0.543. The molecule has 0 N–H and O–H groups in total. The van der Waals surface area contributed by atoms with Crippen molar-refractivity contribution in [2.45, 2.75) is 24.3 Å². The first-order valence-electron chi connectivity index (χ1n) is 12.0. The Bertz CT molecular complexity index is 1310. The maximum Gasteiger partial charge on any atom is 0.245 e. The van der Waals surface area contributed by atoms with Crippen LogP contribution >= 0.6 is 0 Å². The van der Waals surface area contributed by atoms with Gasteiger partial charge in [-0.25, -0.2) is 12.8 Å². The zero-order valence-electron chi connectivity index (χ0n) is 19.5. The molecule has 2 aromatic carbocycles. The number of pyridine rings is 1. The molecule has 0 unspecified atom stereocenters. The molecule has 3 heterocycles. The second kappa shape index (κ2) is 10.0. The zero-order valence-corrected chi connectivity index (χ0v) is 20.3. The molecule has 35 heavy (non-hydrogen) atoms. The normalized spacial score (nSPS) is 18.7. The van der Waals surface area contributed by atoms with Crippen LogP contribution < -0.4 is 0 Å². The number of aromatic nitrogens is 1. The van der Waals surface area contributed by atoms with Crippen LogP contribution in [0.1, 0.15) is 18.4 Å². The van der Waals surface area contributed by atoms with Gasteiger partial charge in [0.1, 0.15) is 10.7 Å². The number of carbonyl (C=O) groups is 1. The molecule has 9 heteroatoms. The van der Waals surface area contributed by atoms with Gasteiger partial charge in [-0.1, -0.05) is 36.4 Å². The molecule has 2 fully saturated rings. The first kappa shape index (κ1) is 23.8. The average molecular weight is 497 g/mol. The number of piperazine rings is 1. The number of hydrogen-bond acceptors (Lipinski definition) is 5. The van der Waals surface area contributed by atoms with Gasteiger partial charge in [0.25, 0.3) is 0 Å². The Labute approximate surface area is 205 Å².